The molecule has 2 aromatic carbocycles. The van der Waals surface area contributed by atoms with Crippen LogP contribution in [0.3, 0.4) is 0 Å². The molecule has 0 spiro atoms. The molecule has 7 nitrogen and oxygen atoms in total. The summed E-state index contributed by atoms with van der Waals surface area (Å²) in [5.74, 6) is 0.677. The molecular weight excluding hydrogens is 420 g/mol. The van der Waals surface area contributed by atoms with Crippen LogP contribution in [0, 0.1) is 13.8 Å². The molecule has 178 valence electrons. The Balaban J connectivity index is 1.56. The van der Waals surface area contributed by atoms with Crippen LogP contribution in [0.1, 0.15) is 30.5 Å². The second-order valence-corrected chi connectivity index (χ2v) is 8.07. The summed E-state index contributed by atoms with van der Waals surface area (Å²) in [6.45, 7) is 11.6. The number of benzene rings is 2. The topological polar surface area (TPSA) is 68.3 Å². The molecule has 0 atom stereocenters. The Kier molecular flexibility index (Phi) is 8.58. The molecule has 1 fully saturated rings. The molecule has 1 saturated heterocycles. The van der Waals surface area contributed by atoms with E-state index in [2.05, 4.69) is 36.9 Å². The normalized spacial score (nSPS) is 13.6. The minimum absolute atomic E-state index is 0.0475. The molecule has 7 heteroatoms. The van der Waals surface area contributed by atoms with Gasteiger partial charge in [-0.15, -0.1) is 0 Å². The molecule has 2 aromatic rings. The number of nitrogens with zero attached hydrogens (tertiary/aromatic N) is 2. The largest absolute Gasteiger partial charge is 0.490 e. The summed E-state index contributed by atoms with van der Waals surface area (Å²) in [6, 6.07) is 11.6. The lowest BCUT2D eigenvalue weighted by molar-refractivity contribution is -0.142. The van der Waals surface area contributed by atoms with Crippen molar-refractivity contribution < 1.29 is 23.8 Å². The van der Waals surface area contributed by atoms with Crippen LogP contribution in [0.15, 0.2) is 36.4 Å². The average Bonchev–Trinajstić information content (AvgIpc) is 2.81. The Hall–Kier alpha value is -3.22. The summed E-state index contributed by atoms with van der Waals surface area (Å²) in [5, 5.41) is 0. The fourth-order valence-corrected chi connectivity index (χ4v) is 3.93. The van der Waals surface area contributed by atoms with Crippen LogP contribution in [0.4, 0.5) is 5.69 Å². The van der Waals surface area contributed by atoms with Gasteiger partial charge in [-0.25, -0.2) is 0 Å². The Bertz CT molecular complexity index is 967. The molecule has 1 aliphatic heterocycles. The van der Waals surface area contributed by atoms with E-state index in [1.54, 1.807) is 25.1 Å². The Morgan fingerprint density at radius 1 is 0.909 bits per heavy atom. The van der Waals surface area contributed by atoms with E-state index in [1.165, 1.54) is 16.8 Å². The summed E-state index contributed by atoms with van der Waals surface area (Å²) in [4.78, 5) is 28.7. The second kappa shape index (κ2) is 11.6. The third-order valence-corrected chi connectivity index (χ3v) is 5.86. The highest BCUT2D eigenvalue weighted by Gasteiger charge is 2.23. The van der Waals surface area contributed by atoms with Gasteiger partial charge < -0.3 is 24.0 Å². The van der Waals surface area contributed by atoms with Gasteiger partial charge in [0.2, 0.25) is 0 Å². The van der Waals surface area contributed by atoms with E-state index in [1.807, 2.05) is 11.8 Å². The molecule has 0 saturated carbocycles. The van der Waals surface area contributed by atoms with Gasteiger partial charge in [0.15, 0.2) is 18.1 Å². The molecule has 3 rings (SSSR count). The summed E-state index contributed by atoms with van der Waals surface area (Å²) in [5.41, 5.74) is 4.58. The smallest absolute Gasteiger partial charge is 0.310 e. The molecular formula is C26H34N2O5. The molecule has 33 heavy (non-hydrogen) atoms. The first kappa shape index (κ1) is 24.4. The third kappa shape index (κ3) is 6.40. The van der Waals surface area contributed by atoms with Crippen LogP contribution >= 0.6 is 0 Å². The van der Waals surface area contributed by atoms with Crippen molar-refractivity contribution in [2.24, 2.45) is 0 Å². The van der Waals surface area contributed by atoms with Gasteiger partial charge in [0, 0.05) is 31.9 Å². The Labute approximate surface area is 196 Å². The van der Waals surface area contributed by atoms with Gasteiger partial charge in [-0.2, -0.15) is 0 Å². The predicted octanol–water partition coefficient (Wildman–Crippen LogP) is 3.54. The van der Waals surface area contributed by atoms with E-state index in [9.17, 15) is 9.59 Å². The van der Waals surface area contributed by atoms with Gasteiger partial charge >= 0.3 is 5.97 Å². The fraction of sp³-hybridized carbons (Fsp3) is 0.462. The van der Waals surface area contributed by atoms with Crippen LogP contribution in [-0.4, -0.2) is 62.8 Å². The lowest BCUT2D eigenvalue weighted by Crippen LogP contribution is -2.50. The van der Waals surface area contributed by atoms with E-state index < -0.39 is 0 Å². The van der Waals surface area contributed by atoms with Crippen molar-refractivity contribution in [1.29, 1.82) is 0 Å². The lowest BCUT2D eigenvalue weighted by Gasteiger charge is -2.37. The summed E-state index contributed by atoms with van der Waals surface area (Å²) >= 11 is 0. The monoisotopic (exact) mass is 454 g/mol. The number of carbonyl (C=O) groups is 2. The minimum Gasteiger partial charge on any atom is -0.490 e. The highest BCUT2D eigenvalue weighted by atomic mass is 16.5. The van der Waals surface area contributed by atoms with Gasteiger partial charge in [0.25, 0.3) is 5.91 Å². The quantitative estimate of drug-likeness (QED) is 0.540. The zero-order chi connectivity index (χ0) is 23.8. The van der Waals surface area contributed by atoms with Crippen LogP contribution in [-0.2, 0) is 20.7 Å². The summed E-state index contributed by atoms with van der Waals surface area (Å²) < 4.78 is 16.5. The average molecular weight is 455 g/mol. The molecule has 0 aromatic heterocycles. The standard InChI is InChI=1S/C26H34N2O5/c1-5-31-24-16-21(17-26(30)32-6-2)10-11-23(24)33-18-25(29)28-14-12-27(13-15-28)22-9-7-8-19(3)20(22)4/h7-11,16H,5-6,12-15,17-18H2,1-4H3. The molecule has 1 heterocycles. The molecule has 0 unspecified atom stereocenters. The van der Waals surface area contributed by atoms with Gasteiger partial charge in [0.05, 0.1) is 19.6 Å². The van der Waals surface area contributed by atoms with Gasteiger partial charge in [-0.3, -0.25) is 9.59 Å². The fourth-order valence-electron chi connectivity index (χ4n) is 3.93. The second-order valence-electron chi connectivity index (χ2n) is 8.07. The van der Waals surface area contributed by atoms with Crippen molar-refractivity contribution in [2.75, 3.05) is 50.9 Å². The highest BCUT2D eigenvalue weighted by Crippen LogP contribution is 2.29. The molecule has 1 amide bonds. The number of piperazine rings is 1. The van der Waals surface area contributed by atoms with Crippen molar-refractivity contribution in [3.05, 3.63) is 53.1 Å². The van der Waals surface area contributed by atoms with Crippen molar-refractivity contribution in [2.45, 2.75) is 34.1 Å². The van der Waals surface area contributed by atoms with Crippen molar-refractivity contribution in [3.63, 3.8) is 0 Å². The zero-order valence-corrected chi connectivity index (χ0v) is 20.1. The van der Waals surface area contributed by atoms with Crippen LogP contribution in [0.25, 0.3) is 0 Å². The Morgan fingerprint density at radius 3 is 2.36 bits per heavy atom. The number of aryl methyl sites for hydroxylation is 1. The van der Waals surface area contributed by atoms with Crippen molar-refractivity contribution >= 4 is 17.6 Å². The first-order valence-corrected chi connectivity index (χ1v) is 11.6. The van der Waals surface area contributed by atoms with E-state index in [4.69, 9.17) is 14.2 Å². The maximum absolute atomic E-state index is 12.8. The van der Waals surface area contributed by atoms with Crippen LogP contribution in [0.2, 0.25) is 0 Å². The van der Waals surface area contributed by atoms with Crippen molar-refractivity contribution in [3.8, 4) is 11.5 Å². The number of rotatable bonds is 9. The van der Waals surface area contributed by atoms with Gasteiger partial charge in [-0.05, 0) is 62.6 Å². The number of ether oxygens (including phenoxy) is 3. The lowest BCUT2D eigenvalue weighted by atomic mass is 10.1. The van der Waals surface area contributed by atoms with Crippen LogP contribution in [0.5, 0.6) is 11.5 Å². The molecule has 0 N–H and O–H groups in total. The van der Waals surface area contributed by atoms with Crippen molar-refractivity contribution in [1.82, 2.24) is 4.90 Å². The first-order chi connectivity index (χ1) is 15.9. The number of hydrogen-bond donors (Lipinski definition) is 0. The minimum atomic E-state index is -0.288. The number of hydrogen-bond acceptors (Lipinski definition) is 6. The predicted molar refractivity (Wildman–Crippen MR) is 128 cm³/mol. The maximum atomic E-state index is 12.8. The number of esters is 1. The number of anilines is 1. The van der Waals surface area contributed by atoms with Gasteiger partial charge in [-0.1, -0.05) is 18.2 Å². The summed E-state index contributed by atoms with van der Waals surface area (Å²) in [7, 11) is 0. The third-order valence-electron chi connectivity index (χ3n) is 5.86. The molecule has 0 bridgehead atoms. The number of carbonyl (C=O) groups excluding carboxylic acids is 2. The maximum Gasteiger partial charge on any atom is 0.310 e. The Morgan fingerprint density at radius 2 is 1.67 bits per heavy atom. The molecule has 0 radical (unpaired) electrons. The van der Waals surface area contributed by atoms with Crippen LogP contribution < -0.4 is 14.4 Å². The number of amides is 1. The summed E-state index contributed by atoms with van der Waals surface area (Å²) in [6.07, 6.45) is 0.164. The van der Waals surface area contributed by atoms with E-state index >= 15 is 0 Å². The van der Waals surface area contributed by atoms with E-state index in [0.29, 0.717) is 37.8 Å². The zero-order valence-electron chi connectivity index (χ0n) is 20.1. The van der Waals surface area contributed by atoms with E-state index in [0.717, 1.165) is 18.7 Å². The highest BCUT2D eigenvalue weighted by molar-refractivity contribution is 5.78. The van der Waals surface area contributed by atoms with E-state index in [-0.39, 0.29) is 24.9 Å². The molecule has 0 aliphatic carbocycles. The molecule has 1 aliphatic rings. The SMILES string of the molecule is CCOC(=O)Cc1ccc(OCC(=O)N2CCN(c3cccc(C)c3C)CC2)c(OCC)c1. The first-order valence-electron chi connectivity index (χ1n) is 11.6. The van der Waals surface area contributed by atoms with Gasteiger partial charge in [0.1, 0.15) is 0 Å².